The summed E-state index contributed by atoms with van der Waals surface area (Å²) in [5, 5.41) is 21.0. The highest BCUT2D eigenvalue weighted by molar-refractivity contribution is 5.95. The van der Waals surface area contributed by atoms with E-state index >= 15 is 0 Å². The highest BCUT2D eigenvalue weighted by Gasteiger charge is 2.36. The van der Waals surface area contributed by atoms with Gasteiger partial charge in [-0.1, -0.05) is 0 Å². The van der Waals surface area contributed by atoms with Crippen molar-refractivity contribution in [1.82, 2.24) is 20.1 Å². The van der Waals surface area contributed by atoms with E-state index in [1.807, 2.05) is 6.92 Å². The van der Waals surface area contributed by atoms with Gasteiger partial charge in [0.1, 0.15) is 11.6 Å². The van der Waals surface area contributed by atoms with Crippen LogP contribution in [0.2, 0.25) is 0 Å². The average Bonchev–Trinajstić information content (AvgIpc) is 3.43. The van der Waals surface area contributed by atoms with Gasteiger partial charge in [-0.25, -0.2) is 0 Å². The second kappa shape index (κ2) is 5.37. The van der Waals surface area contributed by atoms with Crippen LogP contribution in [0.4, 0.5) is 0 Å². The van der Waals surface area contributed by atoms with E-state index in [2.05, 4.69) is 20.1 Å². The molecule has 23 heavy (non-hydrogen) atoms. The quantitative estimate of drug-likeness (QED) is 0.888. The Kier molecular flexibility index (Phi) is 3.32. The Labute approximate surface area is 134 Å². The maximum Gasteiger partial charge on any atom is 0.251 e. The topological polar surface area (TPSA) is 80.0 Å². The summed E-state index contributed by atoms with van der Waals surface area (Å²) in [6.45, 7) is 2.20. The van der Waals surface area contributed by atoms with E-state index in [0.717, 1.165) is 17.2 Å². The Hall–Kier alpha value is -2.37. The normalized spacial score (nSPS) is 17.3. The van der Waals surface area contributed by atoms with Gasteiger partial charge in [0.25, 0.3) is 5.91 Å². The van der Waals surface area contributed by atoms with Gasteiger partial charge in [-0.15, -0.1) is 10.2 Å². The fourth-order valence-corrected chi connectivity index (χ4v) is 2.97. The molecule has 6 heteroatoms. The highest BCUT2D eigenvalue weighted by atomic mass is 16.3. The summed E-state index contributed by atoms with van der Waals surface area (Å²) in [5.41, 5.74) is 1.33. The van der Waals surface area contributed by atoms with Gasteiger partial charge in [0, 0.05) is 17.5 Å². The minimum atomic E-state index is -0.152. The molecule has 0 saturated heterocycles. The molecule has 4 rings (SSSR count). The van der Waals surface area contributed by atoms with E-state index in [-0.39, 0.29) is 11.7 Å². The Morgan fingerprint density at radius 2 is 2.09 bits per heavy atom. The second-order valence-corrected chi connectivity index (χ2v) is 6.53. The molecule has 0 atom stereocenters. The third-order valence-electron chi connectivity index (χ3n) is 4.51. The summed E-state index contributed by atoms with van der Waals surface area (Å²) < 4.78 is 2.24. The zero-order chi connectivity index (χ0) is 16.0. The molecule has 2 aliphatic carbocycles. The number of hydrogen-bond donors (Lipinski definition) is 2. The van der Waals surface area contributed by atoms with Crippen molar-refractivity contribution >= 4 is 5.91 Å². The predicted octanol–water partition coefficient (Wildman–Crippen LogP) is 2.43. The van der Waals surface area contributed by atoms with E-state index < -0.39 is 0 Å². The SMILES string of the molecule is Cc1cc(O)ccc1C(=O)NCc1nnc(C2CC2)n1C1CC1. The van der Waals surface area contributed by atoms with Crippen LogP contribution in [0.3, 0.4) is 0 Å². The highest BCUT2D eigenvalue weighted by Crippen LogP contribution is 2.44. The van der Waals surface area contributed by atoms with Crippen molar-refractivity contribution in [2.45, 2.75) is 51.1 Å². The van der Waals surface area contributed by atoms with Crippen LogP contribution in [0.5, 0.6) is 5.75 Å². The molecule has 1 amide bonds. The number of amides is 1. The summed E-state index contributed by atoms with van der Waals surface area (Å²) in [6.07, 6.45) is 4.75. The lowest BCUT2D eigenvalue weighted by atomic mass is 10.1. The lowest BCUT2D eigenvalue weighted by Crippen LogP contribution is -2.25. The van der Waals surface area contributed by atoms with Crippen LogP contribution in [-0.2, 0) is 6.54 Å². The number of rotatable bonds is 5. The van der Waals surface area contributed by atoms with Crippen LogP contribution in [0.25, 0.3) is 0 Å². The molecule has 2 saturated carbocycles. The number of hydrogen-bond acceptors (Lipinski definition) is 4. The predicted molar refractivity (Wildman–Crippen MR) is 84.3 cm³/mol. The number of nitrogens with one attached hydrogen (secondary N) is 1. The summed E-state index contributed by atoms with van der Waals surface area (Å²) >= 11 is 0. The number of aromatic hydroxyl groups is 1. The summed E-state index contributed by atoms with van der Waals surface area (Å²) in [5.74, 6) is 2.52. The van der Waals surface area contributed by atoms with Crippen LogP contribution >= 0.6 is 0 Å². The number of carbonyl (C=O) groups is 1. The molecule has 1 aromatic heterocycles. The molecular formula is C17H20N4O2. The van der Waals surface area contributed by atoms with Crippen molar-refractivity contribution in [3.05, 3.63) is 41.0 Å². The molecule has 2 N–H and O–H groups in total. The van der Waals surface area contributed by atoms with Crippen molar-refractivity contribution in [3.63, 3.8) is 0 Å². The smallest absolute Gasteiger partial charge is 0.251 e. The monoisotopic (exact) mass is 312 g/mol. The first-order chi connectivity index (χ1) is 11.1. The standard InChI is InChI=1S/C17H20N4O2/c1-10-8-13(22)6-7-14(10)17(23)18-9-15-19-20-16(11-2-3-11)21(15)12-4-5-12/h6-8,11-12,22H,2-5,9H2,1H3,(H,18,23). The van der Waals surface area contributed by atoms with E-state index in [9.17, 15) is 9.90 Å². The number of benzene rings is 1. The number of phenolic OH excluding ortho intramolecular Hbond substituents is 1. The number of carbonyl (C=O) groups excluding carboxylic acids is 1. The number of aromatic nitrogens is 3. The van der Waals surface area contributed by atoms with Gasteiger partial charge in [0.2, 0.25) is 0 Å². The van der Waals surface area contributed by atoms with E-state index in [1.54, 1.807) is 12.1 Å². The molecule has 0 spiro atoms. The molecule has 2 aliphatic rings. The van der Waals surface area contributed by atoms with Crippen LogP contribution in [0.1, 0.15) is 65.2 Å². The molecular weight excluding hydrogens is 292 g/mol. The van der Waals surface area contributed by atoms with Gasteiger partial charge in [-0.2, -0.15) is 0 Å². The minimum Gasteiger partial charge on any atom is -0.508 e. The molecule has 0 bridgehead atoms. The van der Waals surface area contributed by atoms with Crippen LogP contribution < -0.4 is 5.32 Å². The maximum atomic E-state index is 12.3. The number of aryl methyl sites for hydroxylation is 1. The molecule has 2 fully saturated rings. The molecule has 0 unspecified atom stereocenters. The fourth-order valence-electron chi connectivity index (χ4n) is 2.97. The zero-order valence-electron chi connectivity index (χ0n) is 13.1. The van der Waals surface area contributed by atoms with E-state index in [4.69, 9.17) is 0 Å². The average molecular weight is 312 g/mol. The third-order valence-corrected chi connectivity index (χ3v) is 4.51. The summed E-state index contributed by atoms with van der Waals surface area (Å²) in [4.78, 5) is 12.3. The minimum absolute atomic E-state index is 0.152. The molecule has 120 valence electrons. The molecule has 0 aliphatic heterocycles. The molecule has 0 radical (unpaired) electrons. The van der Waals surface area contributed by atoms with Gasteiger partial charge in [0.05, 0.1) is 6.54 Å². The number of nitrogens with zero attached hydrogens (tertiary/aromatic N) is 3. The molecule has 1 heterocycles. The maximum absolute atomic E-state index is 12.3. The van der Waals surface area contributed by atoms with Gasteiger partial charge in [-0.05, 0) is 56.4 Å². The largest absolute Gasteiger partial charge is 0.508 e. The van der Waals surface area contributed by atoms with Gasteiger partial charge in [-0.3, -0.25) is 4.79 Å². The first kappa shape index (κ1) is 14.2. The van der Waals surface area contributed by atoms with Crippen molar-refractivity contribution in [1.29, 1.82) is 0 Å². The van der Waals surface area contributed by atoms with Crippen molar-refractivity contribution < 1.29 is 9.90 Å². The first-order valence-corrected chi connectivity index (χ1v) is 8.15. The van der Waals surface area contributed by atoms with Crippen LogP contribution in [0.15, 0.2) is 18.2 Å². The van der Waals surface area contributed by atoms with Crippen molar-refractivity contribution in [3.8, 4) is 5.75 Å². The van der Waals surface area contributed by atoms with Gasteiger partial charge < -0.3 is 15.0 Å². The summed E-state index contributed by atoms with van der Waals surface area (Å²) in [6, 6.07) is 5.27. The van der Waals surface area contributed by atoms with Gasteiger partial charge in [0.15, 0.2) is 5.82 Å². The Morgan fingerprint density at radius 1 is 1.30 bits per heavy atom. The van der Waals surface area contributed by atoms with Crippen LogP contribution in [0, 0.1) is 6.92 Å². The van der Waals surface area contributed by atoms with Crippen LogP contribution in [-0.4, -0.2) is 25.8 Å². The second-order valence-electron chi connectivity index (χ2n) is 6.53. The number of phenols is 1. The lowest BCUT2D eigenvalue weighted by molar-refractivity contribution is 0.0948. The zero-order valence-corrected chi connectivity index (χ0v) is 13.1. The van der Waals surface area contributed by atoms with E-state index in [0.29, 0.717) is 24.1 Å². The van der Waals surface area contributed by atoms with Crippen molar-refractivity contribution in [2.24, 2.45) is 0 Å². The van der Waals surface area contributed by atoms with Gasteiger partial charge >= 0.3 is 0 Å². The van der Waals surface area contributed by atoms with Crippen molar-refractivity contribution in [2.75, 3.05) is 0 Å². The summed E-state index contributed by atoms with van der Waals surface area (Å²) in [7, 11) is 0. The Balaban J connectivity index is 1.49. The molecule has 6 nitrogen and oxygen atoms in total. The molecule has 2 aromatic rings. The lowest BCUT2D eigenvalue weighted by Gasteiger charge is -2.10. The third kappa shape index (κ3) is 2.81. The Morgan fingerprint density at radius 3 is 2.74 bits per heavy atom. The fraction of sp³-hybridized carbons (Fsp3) is 0.471. The van der Waals surface area contributed by atoms with E-state index in [1.165, 1.54) is 31.7 Å². The first-order valence-electron chi connectivity index (χ1n) is 8.15. The Bertz CT molecular complexity index is 760. The molecule has 1 aromatic carbocycles.